The molecule has 0 unspecified atom stereocenters. The van der Waals surface area contributed by atoms with E-state index in [1.54, 1.807) is 19.1 Å². The fourth-order valence-electron chi connectivity index (χ4n) is 2.20. The zero-order valence-corrected chi connectivity index (χ0v) is 11.7. The number of aromatic carboxylic acids is 1. The van der Waals surface area contributed by atoms with E-state index in [1.807, 2.05) is 0 Å². The summed E-state index contributed by atoms with van der Waals surface area (Å²) in [5.41, 5.74) is 2.21. The minimum atomic E-state index is -1.06. The molecule has 0 atom stereocenters. The molecule has 0 saturated heterocycles. The van der Waals surface area contributed by atoms with Crippen molar-refractivity contribution in [1.82, 2.24) is 9.97 Å². The minimum Gasteiger partial charge on any atom is -0.477 e. The summed E-state index contributed by atoms with van der Waals surface area (Å²) in [4.78, 5) is 29.8. The molecule has 3 rings (SSSR count). The van der Waals surface area contributed by atoms with E-state index in [4.69, 9.17) is 16.7 Å². The molecule has 2 aromatic rings. The highest BCUT2D eigenvalue weighted by Gasteiger charge is 2.28. The van der Waals surface area contributed by atoms with E-state index in [0.717, 1.165) is 5.56 Å². The van der Waals surface area contributed by atoms with Crippen LogP contribution in [0.1, 0.15) is 27.3 Å². The van der Waals surface area contributed by atoms with Crippen molar-refractivity contribution in [3.05, 3.63) is 45.9 Å². The summed E-state index contributed by atoms with van der Waals surface area (Å²) in [5.74, 6) is -0.975. The van der Waals surface area contributed by atoms with Crippen LogP contribution in [-0.2, 0) is 4.79 Å². The molecule has 0 bridgehead atoms. The zero-order valence-electron chi connectivity index (χ0n) is 10.9. The third-order valence-corrected chi connectivity index (χ3v) is 3.54. The number of aromatic amines is 1. The van der Waals surface area contributed by atoms with Gasteiger partial charge < -0.3 is 15.4 Å². The Bertz CT molecular complexity index is 808. The van der Waals surface area contributed by atoms with Crippen molar-refractivity contribution in [2.24, 2.45) is 0 Å². The van der Waals surface area contributed by atoms with Crippen LogP contribution in [0.25, 0.3) is 11.6 Å². The van der Waals surface area contributed by atoms with Gasteiger partial charge in [0, 0.05) is 17.5 Å². The first kappa shape index (κ1) is 13.4. The molecule has 1 aliphatic heterocycles. The fourth-order valence-corrected chi connectivity index (χ4v) is 2.45. The fraction of sp³-hybridized carbons (Fsp3) is 0.0714. The Morgan fingerprint density at radius 2 is 2.24 bits per heavy atom. The largest absolute Gasteiger partial charge is 0.477 e. The molecule has 0 radical (unpaired) electrons. The van der Waals surface area contributed by atoms with Gasteiger partial charge in [0.15, 0.2) is 0 Å². The Hall–Kier alpha value is -2.60. The molecular formula is C14H10ClN3O3. The van der Waals surface area contributed by atoms with Gasteiger partial charge in [0.1, 0.15) is 11.5 Å². The molecule has 0 saturated carbocycles. The first-order valence-corrected chi connectivity index (χ1v) is 6.46. The van der Waals surface area contributed by atoms with Gasteiger partial charge in [0.25, 0.3) is 5.91 Å². The number of nitrogens with one attached hydrogen (secondary N) is 2. The number of carboxylic acids is 1. The van der Waals surface area contributed by atoms with E-state index in [1.165, 1.54) is 12.3 Å². The predicted octanol–water partition coefficient (Wildman–Crippen LogP) is 2.56. The number of aryl methyl sites for hydroxylation is 1. The van der Waals surface area contributed by atoms with E-state index < -0.39 is 5.97 Å². The zero-order chi connectivity index (χ0) is 15.1. The summed E-state index contributed by atoms with van der Waals surface area (Å²) < 4.78 is 0. The van der Waals surface area contributed by atoms with Crippen molar-refractivity contribution < 1.29 is 14.7 Å². The molecule has 6 nitrogen and oxygen atoms in total. The number of carboxylic acid groups (broad SMARTS) is 1. The van der Waals surface area contributed by atoms with E-state index in [2.05, 4.69) is 15.3 Å². The molecule has 106 valence electrons. The predicted molar refractivity (Wildman–Crippen MR) is 78.2 cm³/mol. The lowest BCUT2D eigenvalue weighted by Gasteiger charge is -2.00. The van der Waals surface area contributed by atoms with Gasteiger partial charge in [-0.1, -0.05) is 11.6 Å². The molecule has 1 amide bonds. The van der Waals surface area contributed by atoms with Crippen LogP contribution in [0.2, 0.25) is 5.02 Å². The summed E-state index contributed by atoms with van der Waals surface area (Å²) in [6.07, 6.45) is 3.09. The lowest BCUT2D eigenvalue weighted by molar-refractivity contribution is -0.110. The summed E-state index contributed by atoms with van der Waals surface area (Å²) in [7, 11) is 0. The Morgan fingerprint density at radius 1 is 1.48 bits per heavy atom. The molecule has 2 aromatic heterocycles. The Balaban J connectivity index is 2.13. The van der Waals surface area contributed by atoms with Crippen molar-refractivity contribution >= 4 is 40.9 Å². The number of halogens is 1. The highest BCUT2D eigenvalue weighted by atomic mass is 35.5. The number of carbonyl (C=O) groups is 2. The molecule has 21 heavy (non-hydrogen) atoms. The van der Waals surface area contributed by atoms with Gasteiger partial charge in [-0.15, -0.1) is 0 Å². The van der Waals surface area contributed by atoms with Crippen LogP contribution in [0, 0.1) is 6.92 Å². The number of hydrogen-bond acceptors (Lipinski definition) is 3. The van der Waals surface area contributed by atoms with Gasteiger partial charge in [-0.3, -0.25) is 4.79 Å². The number of H-pyrrole nitrogens is 1. The van der Waals surface area contributed by atoms with Crippen LogP contribution in [0.5, 0.6) is 0 Å². The van der Waals surface area contributed by atoms with Gasteiger partial charge in [0.05, 0.1) is 10.6 Å². The van der Waals surface area contributed by atoms with Crippen LogP contribution >= 0.6 is 11.6 Å². The van der Waals surface area contributed by atoms with Crippen molar-refractivity contribution in [3.63, 3.8) is 0 Å². The van der Waals surface area contributed by atoms with Gasteiger partial charge in [-0.05, 0) is 30.7 Å². The molecule has 3 N–H and O–H groups in total. The Morgan fingerprint density at radius 3 is 2.90 bits per heavy atom. The van der Waals surface area contributed by atoms with E-state index >= 15 is 0 Å². The maximum Gasteiger partial charge on any atom is 0.352 e. The SMILES string of the molecule is Cc1cc(C(=O)O)[nH]c1/C=C1\C(=O)Nc2nccc(Cl)c21. The van der Waals surface area contributed by atoms with E-state index in [9.17, 15) is 9.59 Å². The van der Waals surface area contributed by atoms with Gasteiger partial charge in [-0.25, -0.2) is 9.78 Å². The Labute approximate surface area is 124 Å². The summed E-state index contributed by atoms with van der Waals surface area (Å²) in [6, 6.07) is 3.10. The smallest absolute Gasteiger partial charge is 0.352 e. The number of carbonyl (C=O) groups excluding carboxylic acids is 1. The standard InChI is InChI=1S/C14H10ClN3O3/c1-6-4-10(14(20)21)17-9(6)5-7-11-8(15)2-3-16-12(11)18-13(7)19/h2-5,17H,1H3,(H,20,21)(H,16,18,19)/b7-5-. The molecule has 0 fully saturated rings. The first-order valence-electron chi connectivity index (χ1n) is 6.08. The van der Waals surface area contributed by atoms with Gasteiger partial charge in [0.2, 0.25) is 0 Å². The second-order valence-corrected chi connectivity index (χ2v) is 5.02. The lowest BCUT2D eigenvalue weighted by atomic mass is 10.1. The summed E-state index contributed by atoms with van der Waals surface area (Å²) in [5, 5.41) is 12.0. The minimum absolute atomic E-state index is 0.0651. The monoisotopic (exact) mass is 303 g/mol. The molecule has 0 spiro atoms. The molecule has 0 aliphatic carbocycles. The number of fused-ring (bicyclic) bond motifs is 1. The average molecular weight is 304 g/mol. The number of hydrogen-bond donors (Lipinski definition) is 3. The second-order valence-electron chi connectivity index (χ2n) is 4.61. The number of amides is 1. The average Bonchev–Trinajstić information content (AvgIpc) is 2.93. The summed E-state index contributed by atoms with van der Waals surface area (Å²) >= 11 is 6.11. The highest BCUT2D eigenvalue weighted by Crippen LogP contribution is 2.36. The normalized spacial score (nSPS) is 15.1. The van der Waals surface area contributed by atoms with E-state index in [0.29, 0.717) is 27.7 Å². The quantitative estimate of drug-likeness (QED) is 0.743. The second kappa shape index (κ2) is 4.75. The molecule has 7 heteroatoms. The molecule has 3 heterocycles. The Kier molecular flexibility index (Phi) is 3.03. The molecule has 0 aromatic carbocycles. The number of pyridine rings is 1. The first-order chi connectivity index (χ1) is 9.97. The molecular weight excluding hydrogens is 294 g/mol. The van der Waals surface area contributed by atoms with Crippen LogP contribution < -0.4 is 5.32 Å². The van der Waals surface area contributed by atoms with Crippen molar-refractivity contribution in [2.45, 2.75) is 6.92 Å². The van der Waals surface area contributed by atoms with Crippen molar-refractivity contribution in [1.29, 1.82) is 0 Å². The van der Waals surface area contributed by atoms with Crippen molar-refractivity contribution in [3.8, 4) is 0 Å². The molecule has 1 aliphatic rings. The number of anilines is 1. The van der Waals surface area contributed by atoms with Crippen LogP contribution in [0.15, 0.2) is 18.3 Å². The van der Waals surface area contributed by atoms with E-state index in [-0.39, 0.29) is 11.6 Å². The third-order valence-electron chi connectivity index (χ3n) is 3.22. The summed E-state index contributed by atoms with van der Waals surface area (Å²) in [6.45, 7) is 1.76. The van der Waals surface area contributed by atoms with Gasteiger partial charge in [-0.2, -0.15) is 0 Å². The van der Waals surface area contributed by atoms with Crippen LogP contribution in [0.3, 0.4) is 0 Å². The van der Waals surface area contributed by atoms with Crippen LogP contribution in [0.4, 0.5) is 5.82 Å². The topological polar surface area (TPSA) is 95.1 Å². The highest BCUT2D eigenvalue weighted by molar-refractivity contribution is 6.41. The number of aromatic nitrogens is 2. The lowest BCUT2D eigenvalue weighted by Crippen LogP contribution is -2.04. The maximum atomic E-state index is 12.0. The number of rotatable bonds is 2. The number of nitrogens with zero attached hydrogens (tertiary/aromatic N) is 1. The van der Waals surface area contributed by atoms with Crippen LogP contribution in [-0.4, -0.2) is 27.0 Å². The van der Waals surface area contributed by atoms with Gasteiger partial charge >= 0.3 is 5.97 Å². The third kappa shape index (κ3) is 2.19. The maximum absolute atomic E-state index is 12.0. The van der Waals surface area contributed by atoms with Crippen molar-refractivity contribution in [2.75, 3.05) is 5.32 Å².